The van der Waals surface area contributed by atoms with Crippen LogP contribution in [0.5, 0.6) is 5.75 Å². The van der Waals surface area contributed by atoms with E-state index in [1.54, 1.807) is 0 Å². The van der Waals surface area contributed by atoms with Gasteiger partial charge in [0.1, 0.15) is 18.6 Å². The van der Waals surface area contributed by atoms with E-state index >= 15 is 0 Å². The van der Waals surface area contributed by atoms with Crippen molar-refractivity contribution < 1.29 is 14.3 Å². The Balaban J connectivity index is 1.26. The van der Waals surface area contributed by atoms with Gasteiger partial charge in [-0.05, 0) is 74.2 Å². The largest absolute Gasteiger partial charge is 0.493 e. The van der Waals surface area contributed by atoms with Crippen molar-refractivity contribution in [2.75, 3.05) is 33.4 Å². The van der Waals surface area contributed by atoms with Crippen LogP contribution < -0.4 is 4.74 Å². The van der Waals surface area contributed by atoms with E-state index in [0.29, 0.717) is 34.9 Å². The summed E-state index contributed by atoms with van der Waals surface area (Å²) in [4.78, 5) is 7.65. The van der Waals surface area contributed by atoms with Gasteiger partial charge < -0.3 is 19.2 Å². The predicted octanol–water partition coefficient (Wildman–Crippen LogP) is 8.26. The monoisotopic (exact) mass is 582 g/mol. The number of ether oxygens (including phenoxy) is 2. The van der Waals surface area contributed by atoms with Crippen LogP contribution in [-0.4, -0.2) is 50.1 Å². The van der Waals surface area contributed by atoms with Gasteiger partial charge in [-0.3, -0.25) is 0 Å². The number of nitrogens with zero attached hydrogens (tertiary/aromatic N) is 2. The molecule has 5 nitrogen and oxygen atoms in total. The summed E-state index contributed by atoms with van der Waals surface area (Å²) in [6.45, 7) is 6.75. The predicted molar refractivity (Wildman–Crippen MR) is 165 cm³/mol. The first-order chi connectivity index (χ1) is 19.6. The minimum absolute atomic E-state index is 0.271. The lowest BCUT2D eigenvalue weighted by Gasteiger charge is -2.34. The van der Waals surface area contributed by atoms with Crippen LogP contribution in [0.2, 0.25) is 10.0 Å². The number of hydrogen-bond donors (Lipinski definition) is 0. The second-order valence-corrected chi connectivity index (χ2v) is 11.2. The molecule has 1 saturated heterocycles. The molecule has 0 amide bonds. The smallest absolute Gasteiger partial charge is 0.120 e. The average molecular weight is 584 g/mol. The fraction of sp³-hybridized carbons (Fsp3) is 0.424. The van der Waals surface area contributed by atoms with E-state index in [1.807, 2.05) is 48.5 Å². The van der Waals surface area contributed by atoms with E-state index in [9.17, 15) is 0 Å². The topological polar surface area (TPSA) is 43.3 Å². The Morgan fingerprint density at radius 2 is 1.75 bits per heavy atom. The van der Waals surface area contributed by atoms with Crippen LogP contribution >= 0.6 is 23.2 Å². The fourth-order valence-corrected chi connectivity index (χ4v) is 5.41. The molecule has 0 radical (unpaired) electrons. The number of likely N-dealkylation sites (tertiary alicyclic amines) is 1. The Morgan fingerprint density at radius 3 is 2.42 bits per heavy atom. The van der Waals surface area contributed by atoms with Crippen LogP contribution in [0.1, 0.15) is 55.7 Å². The molecule has 1 aliphatic heterocycles. The maximum absolute atomic E-state index is 6.67. The van der Waals surface area contributed by atoms with Crippen LogP contribution in [-0.2, 0) is 16.2 Å². The van der Waals surface area contributed by atoms with Gasteiger partial charge in [0.2, 0.25) is 0 Å². The first-order valence-electron chi connectivity index (χ1n) is 14.2. The number of hydrogen-bond acceptors (Lipinski definition) is 5. The molecule has 0 bridgehead atoms. The number of benzene rings is 3. The molecule has 0 spiro atoms. The molecule has 0 N–H and O–H groups in total. The molecule has 0 unspecified atom stereocenters. The Morgan fingerprint density at radius 1 is 1.00 bits per heavy atom. The van der Waals surface area contributed by atoms with Crippen LogP contribution in [0.3, 0.4) is 0 Å². The third kappa shape index (κ3) is 9.24. The van der Waals surface area contributed by atoms with E-state index in [0.717, 1.165) is 55.8 Å². The van der Waals surface area contributed by atoms with Crippen LogP contribution in [0, 0.1) is 5.92 Å². The van der Waals surface area contributed by atoms with Crippen molar-refractivity contribution in [2.45, 2.75) is 51.7 Å². The molecule has 4 rings (SSSR count). The van der Waals surface area contributed by atoms with Crippen molar-refractivity contribution in [3.63, 3.8) is 0 Å². The molecule has 0 aliphatic carbocycles. The molecule has 0 saturated carbocycles. The zero-order valence-electron chi connectivity index (χ0n) is 23.5. The molecule has 214 valence electrons. The van der Waals surface area contributed by atoms with Gasteiger partial charge in [0.05, 0.1) is 24.3 Å². The zero-order valence-corrected chi connectivity index (χ0v) is 25.0. The summed E-state index contributed by atoms with van der Waals surface area (Å²) in [6.07, 6.45) is 6.00. The molecular weight excluding hydrogens is 543 g/mol. The summed E-state index contributed by atoms with van der Waals surface area (Å²) >= 11 is 12.7. The summed E-state index contributed by atoms with van der Waals surface area (Å²) in [5.74, 6) is 1.28. The summed E-state index contributed by atoms with van der Waals surface area (Å²) in [5.41, 5.74) is 3.53. The maximum Gasteiger partial charge on any atom is 0.120 e. The molecule has 1 aliphatic rings. The first-order valence-corrected chi connectivity index (χ1v) is 15.0. The van der Waals surface area contributed by atoms with Crippen molar-refractivity contribution in [1.82, 2.24) is 4.90 Å². The Kier molecular flexibility index (Phi) is 12.2. The van der Waals surface area contributed by atoms with Crippen LogP contribution in [0.15, 0.2) is 78.0 Å². The Hall–Kier alpha value is -2.57. The molecule has 1 heterocycles. The molecule has 40 heavy (non-hydrogen) atoms. The van der Waals surface area contributed by atoms with Gasteiger partial charge >= 0.3 is 0 Å². The summed E-state index contributed by atoms with van der Waals surface area (Å²) in [5, 5.41) is 5.43. The Labute approximate surface area is 249 Å². The second-order valence-electron chi connectivity index (χ2n) is 10.4. The average Bonchev–Trinajstić information content (AvgIpc) is 2.98. The molecule has 3 aromatic carbocycles. The summed E-state index contributed by atoms with van der Waals surface area (Å²) in [7, 11) is 1.52. The highest BCUT2D eigenvalue weighted by atomic mass is 35.5. The molecule has 3 aromatic rings. The van der Waals surface area contributed by atoms with Crippen LogP contribution in [0.25, 0.3) is 0 Å². The van der Waals surface area contributed by atoms with Gasteiger partial charge in [0, 0.05) is 22.7 Å². The van der Waals surface area contributed by atoms with E-state index < -0.39 is 0 Å². The van der Waals surface area contributed by atoms with Crippen molar-refractivity contribution in [1.29, 1.82) is 0 Å². The van der Waals surface area contributed by atoms with Gasteiger partial charge in [-0.25, -0.2) is 0 Å². The van der Waals surface area contributed by atoms with E-state index in [-0.39, 0.29) is 6.10 Å². The number of halogens is 2. The molecule has 1 atom stereocenters. The number of rotatable bonds is 14. The minimum atomic E-state index is 0.271. The molecule has 0 aromatic heterocycles. The van der Waals surface area contributed by atoms with Gasteiger partial charge in [-0.2, -0.15) is 0 Å². The van der Waals surface area contributed by atoms with E-state index in [2.05, 4.69) is 41.2 Å². The fourth-order valence-electron chi connectivity index (χ4n) is 5.02. The molecule has 1 fully saturated rings. The SMILES string of the molecule is CCCC[C@H](CN1CCC(COc2ccc(/C(=N/OC)c3ccc(Cl)cc3)c(Cl)c2)CC1)OCc1ccccc1. The standard InChI is InChI=1S/C33H40Cl2N2O3/c1-3-4-10-30(40-23-25-8-6-5-7-9-25)22-37-19-17-26(18-20-37)24-39-29-15-16-31(32(35)21-29)33(36-38-2)27-11-13-28(34)14-12-27/h5-9,11-16,21,26,30H,3-4,10,17-20,22-24H2,1-2H3/b36-33+/t30-/m1/s1. The van der Waals surface area contributed by atoms with Crippen molar-refractivity contribution in [3.8, 4) is 5.75 Å². The lowest BCUT2D eigenvalue weighted by Crippen LogP contribution is -2.40. The van der Waals surface area contributed by atoms with Crippen molar-refractivity contribution in [3.05, 3.63) is 99.5 Å². The minimum Gasteiger partial charge on any atom is -0.493 e. The second kappa shape index (κ2) is 16.0. The maximum atomic E-state index is 6.67. The van der Waals surface area contributed by atoms with Gasteiger partial charge in [0.25, 0.3) is 0 Å². The van der Waals surface area contributed by atoms with Gasteiger partial charge in [-0.1, -0.05) is 90.6 Å². The Bertz CT molecular complexity index is 1200. The highest BCUT2D eigenvalue weighted by Gasteiger charge is 2.23. The third-order valence-electron chi connectivity index (χ3n) is 7.36. The lowest BCUT2D eigenvalue weighted by atomic mass is 9.97. The van der Waals surface area contributed by atoms with Gasteiger partial charge in [0.15, 0.2) is 0 Å². The normalized spacial score (nSPS) is 15.7. The quantitative estimate of drug-likeness (QED) is 0.142. The molecular formula is C33H40Cl2N2O3. The van der Waals surface area contributed by atoms with Gasteiger partial charge in [-0.15, -0.1) is 0 Å². The lowest BCUT2D eigenvalue weighted by molar-refractivity contribution is 0.000707. The van der Waals surface area contributed by atoms with Crippen LogP contribution in [0.4, 0.5) is 0 Å². The summed E-state index contributed by atoms with van der Waals surface area (Å²) in [6, 6.07) is 23.6. The number of unbranched alkanes of at least 4 members (excludes halogenated alkanes) is 1. The zero-order chi connectivity index (χ0) is 28.2. The summed E-state index contributed by atoms with van der Waals surface area (Å²) < 4.78 is 12.5. The van der Waals surface area contributed by atoms with E-state index in [4.69, 9.17) is 37.5 Å². The molecule has 7 heteroatoms. The van der Waals surface area contributed by atoms with Crippen molar-refractivity contribution >= 4 is 28.9 Å². The first kappa shape index (κ1) is 30.4. The highest BCUT2D eigenvalue weighted by Crippen LogP contribution is 2.27. The number of oxime groups is 1. The highest BCUT2D eigenvalue weighted by molar-refractivity contribution is 6.35. The third-order valence-corrected chi connectivity index (χ3v) is 7.92. The van der Waals surface area contributed by atoms with Crippen molar-refractivity contribution in [2.24, 2.45) is 11.1 Å². The number of piperidine rings is 1. The van der Waals surface area contributed by atoms with E-state index in [1.165, 1.54) is 25.5 Å².